The Hall–Kier alpha value is -2.43. The zero-order valence-electron chi connectivity index (χ0n) is 17.3. The molecule has 2 nitrogen and oxygen atoms in total. The maximum Gasteiger partial charge on any atom is 0.207 e. The molecule has 0 radical (unpaired) electrons. The van der Waals surface area contributed by atoms with Gasteiger partial charge in [-0.05, 0) is 61.6 Å². The molecule has 5 heteroatoms. The fraction of sp³-hybridized carbons (Fsp3) is 0.440. The van der Waals surface area contributed by atoms with Crippen LogP contribution in [0.2, 0.25) is 0 Å². The molecule has 0 atom stereocenters. The lowest BCUT2D eigenvalue weighted by molar-refractivity contribution is 0.188. The van der Waals surface area contributed by atoms with Crippen LogP contribution in [-0.4, -0.2) is 6.61 Å². The Kier molecular flexibility index (Phi) is 6.07. The second-order valence-corrected chi connectivity index (χ2v) is 8.37. The van der Waals surface area contributed by atoms with Gasteiger partial charge in [0, 0.05) is 17.5 Å². The van der Waals surface area contributed by atoms with E-state index in [1.165, 1.54) is 0 Å². The minimum absolute atomic E-state index is 0.0723. The summed E-state index contributed by atoms with van der Waals surface area (Å²) in [5.74, 6) is -1.89. The summed E-state index contributed by atoms with van der Waals surface area (Å²) in [6.07, 6.45) is 7.65. The molecule has 1 fully saturated rings. The Bertz CT molecular complexity index is 946. The van der Waals surface area contributed by atoms with Crippen LogP contribution in [0.15, 0.2) is 30.9 Å². The van der Waals surface area contributed by atoms with Crippen molar-refractivity contribution in [1.82, 2.24) is 0 Å². The molecule has 1 aliphatic carbocycles. The fourth-order valence-electron chi connectivity index (χ4n) is 4.46. The molecule has 0 unspecified atom stereocenters. The number of hydrogen-bond acceptors (Lipinski definition) is 2. The molecule has 30 heavy (non-hydrogen) atoms. The van der Waals surface area contributed by atoms with E-state index in [-0.39, 0.29) is 17.2 Å². The molecule has 4 rings (SSSR count). The first-order valence-electron chi connectivity index (χ1n) is 10.8. The molecular formula is C25H27F3O2. The quantitative estimate of drug-likeness (QED) is 0.398. The lowest BCUT2D eigenvalue weighted by atomic mass is 9.82. The molecule has 1 saturated carbocycles. The van der Waals surface area contributed by atoms with Gasteiger partial charge in [0.15, 0.2) is 23.1 Å². The van der Waals surface area contributed by atoms with E-state index in [9.17, 15) is 8.78 Å². The average Bonchev–Trinajstić information content (AvgIpc) is 2.76. The van der Waals surface area contributed by atoms with Crippen molar-refractivity contribution in [3.63, 3.8) is 0 Å². The zero-order chi connectivity index (χ0) is 21.3. The lowest BCUT2D eigenvalue weighted by Crippen LogP contribution is -2.19. The highest BCUT2D eigenvalue weighted by Gasteiger charge is 2.29. The van der Waals surface area contributed by atoms with Gasteiger partial charge in [0.2, 0.25) is 11.6 Å². The van der Waals surface area contributed by atoms with Crippen molar-refractivity contribution in [2.24, 2.45) is 11.8 Å². The van der Waals surface area contributed by atoms with Gasteiger partial charge in [0.05, 0.1) is 6.61 Å². The first kappa shape index (κ1) is 20.8. The predicted molar refractivity (Wildman–Crippen MR) is 111 cm³/mol. The van der Waals surface area contributed by atoms with E-state index in [4.69, 9.17) is 9.47 Å². The van der Waals surface area contributed by atoms with Gasteiger partial charge < -0.3 is 9.47 Å². The third-order valence-electron chi connectivity index (χ3n) is 6.26. The van der Waals surface area contributed by atoms with E-state index in [1.54, 1.807) is 18.2 Å². The Morgan fingerprint density at radius 1 is 1.03 bits per heavy atom. The number of ether oxygens (including phenoxy) is 2. The molecule has 1 heterocycles. The predicted octanol–water partition coefficient (Wildman–Crippen LogP) is 7.12. The highest BCUT2D eigenvalue weighted by atomic mass is 19.2. The standard InChI is InChI=1S/C25H27F3O2/c1-3-5-17-12-19-13-18-10-11-20(29-14-16-8-6-15(4-2)7-9-16)22(27)24(18)30-25(19)23(28)21(17)26/h4,10-12,15-16H,2-3,5-9,13-14H2,1H3. The van der Waals surface area contributed by atoms with E-state index >= 15 is 4.39 Å². The van der Waals surface area contributed by atoms with Crippen molar-refractivity contribution in [2.45, 2.75) is 51.9 Å². The molecule has 1 aliphatic heterocycles. The molecule has 0 spiro atoms. The smallest absolute Gasteiger partial charge is 0.207 e. The average molecular weight is 416 g/mol. The van der Waals surface area contributed by atoms with Crippen molar-refractivity contribution in [3.05, 3.63) is 65.0 Å². The summed E-state index contributed by atoms with van der Waals surface area (Å²) in [5.41, 5.74) is 1.47. The maximum absolute atomic E-state index is 15.1. The third-order valence-corrected chi connectivity index (χ3v) is 6.26. The van der Waals surface area contributed by atoms with Gasteiger partial charge in [-0.3, -0.25) is 0 Å². The number of hydrogen-bond donors (Lipinski definition) is 0. The number of halogens is 3. The zero-order valence-corrected chi connectivity index (χ0v) is 17.3. The number of fused-ring (bicyclic) bond motifs is 2. The first-order valence-corrected chi connectivity index (χ1v) is 10.8. The molecule has 2 aromatic carbocycles. The van der Waals surface area contributed by atoms with E-state index in [0.29, 0.717) is 54.4 Å². The van der Waals surface area contributed by atoms with Crippen molar-refractivity contribution in [3.8, 4) is 17.2 Å². The fourth-order valence-corrected chi connectivity index (χ4v) is 4.46. The highest BCUT2D eigenvalue weighted by molar-refractivity contribution is 5.54. The molecule has 0 aromatic heterocycles. The van der Waals surface area contributed by atoms with E-state index in [2.05, 4.69) is 6.58 Å². The Morgan fingerprint density at radius 2 is 1.77 bits per heavy atom. The first-order chi connectivity index (χ1) is 14.5. The molecule has 160 valence electrons. The van der Waals surface area contributed by atoms with Crippen LogP contribution in [0.4, 0.5) is 13.2 Å². The van der Waals surface area contributed by atoms with Crippen LogP contribution in [0.25, 0.3) is 0 Å². The summed E-state index contributed by atoms with van der Waals surface area (Å²) in [5, 5.41) is 0. The molecule has 0 bridgehead atoms. The van der Waals surface area contributed by atoms with Crippen LogP contribution in [0.1, 0.15) is 55.7 Å². The van der Waals surface area contributed by atoms with Crippen LogP contribution in [0.5, 0.6) is 17.2 Å². The van der Waals surface area contributed by atoms with Crippen LogP contribution in [0.3, 0.4) is 0 Å². The second-order valence-electron chi connectivity index (χ2n) is 8.37. The van der Waals surface area contributed by atoms with Crippen molar-refractivity contribution in [1.29, 1.82) is 0 Å². The van der Waals surface area contributed by atoms with Gasteiger partial charge in [-0.25, -0.2) is 4.39 Å². The van der Waals surface area contributed by atoms with Crippen molar-refractivity contribution in [2.75, 3.05) is 6.61 Å². The van der Waals surface area contributed by atoms with Crippen molar-refractivity contribution < 1.29 is 22.6 Å². The van der Waals surface area contributed by atoms with Crippen LogP contribution in [-0.2, 0) is 12.8 Å². The van der Waals surface area contributed by atoms with E-state index in [1.807, 2.05) is 13.0 Å². The molecule has 0 N–H and O–H groups in total. The normalized spacial score (nSPS) is 20.1. The molecule has 0 amide bonds. The largest absolute Gasteiger partial charge is 0.490 e. The topological polar surface area (TPSA) is 18.5 Å². The minimum atomic E-state index is -1.05. The van der Waals surface area contributed by atoms with Gasteiger partial charge in [-0.1, -0.05) is 25.5 Å². The van der Waals surface area contributed by atoms with Crippen LogP contribution in [0, 0.1) is 29.3 Å². The Labute approximate surface area is 175 Å². The number of benzene rings is 2. The molecule has 2 aromatic rings. The third kappa shape index (κ3) is 3.94. The second kappa shape index (κ2) is 8.75. The van der Waals surface area contributed by atoms with Gasteiger partial charge in [-0.15, -0.1) is 6.58 Å². The van der Waals surface area contributed by atoms with E-state index < -0.39 is 17.5 Å². The molecule has 2 aliphatic rings. The molecular weight excluding hydrogens is 389 g/mol. The number of aryl methyl sites for hydroxylation is 1. The van der Waals surface area contributed by atoms with Gasteiger partial charge in [-0.2, -0.15) is 8.78 Å². The van der Waals surface area contributed by atoms with Crippen molar-refractivity contribution >= 4 is 0 Å². The molecule has 0 saturated heterocycles. The summed E-state index contributed by atoms with van der Waals surface area (Å²) in [7, 11) is 0. The van der Waals surface area contributed by atoms with E-state index in [0.717, 1.165) is 25.7 Å². The SMILES string of the molecule is C=CC1CCC(COc2ccc3c(c2F)Oc2c(cc(CCC)c(F)c2F)C3)CC1. The Morgan fingerprint density at radius 3 is 2.47 bits per heavy atom. The Balaban J connectivity index is 1.52. The lowest BCUT2D eigenvalue weighted by Gasteiger charge is -2.27. The highest BCUT2D eigenvalue weighted by Crippen LogP contribution is 2.43. The summed E-state index contributed by atoms with van der Waals surface area (Å²) in [6.45, 7) is 6.19. The maximum atomic E-state index is 15.1. The number of rotatable bonds is 6. The minimum Gasteiger partial charge on any atom is -0.490 e. The summed E-state index contributed by atoms with van der Waals surface area (Å²) >= 11 is 0. The summed E-state index contributed by atoms with van der Waals surface area (Å²) < 4.78 is 55.3. The summed E-state index contributed by atoms with van der Waals surface area (Å²) in [4.78, 5) is 0. The van der Waals surface area contributed by atoms with Gasteiger partial charge in [0.1, 0.15) is 0 Å². The van der Waals surface area contributed by atoms with Crippen LogP contribution < -0.4 is 9.47 Å². The van der Waals surface area contributed by atoms with Crippen LogP contribution >= 0.6 is 0 Å². The van der Waals surface area contributed by atoms with Gasteiger partial charge >= 0.3 is 0 Å². The summed E-state index contributed by atoms with van der Waals surface area (Å²) in [6, 6.07) is 4.97. The number of allylic oxidation sites excluding steroid dienone is 1. The van der Waals surface area contributed by atoms with Gasteiger partial charge in [0.25, 0.3) is 0 Å². The monoisotopic (exact) mass is 416 g/mol.